The van der Waals surface area contributed by atoms with Gasteiger partial charge in [0.05, 0.1) is 30.3 Å². The zero-order chi connectivity index (χ0) is 23.6. The summed E-state index contributed by atoms with van der Waals surface area (Å²) in [5.74, 6) is 1.35. The molecule has 0 saturated carbocycles. The normalized spacial score (nSPS) is 15.4. The van der Waals surface area contributed by atoms with Crippen LogP contribution in [0.3, 0.4) is 0 Å². The summed E-state index contributed by atoms with van der Waals surface area (Å²) in [5, 5.41) is 3.43. The number of ether oxygens (including phenoxy) is 2. The van der Waals surface area contributed by atoms with Gasteiger partial charge in [-0.1, -0.05) is 29.5 Å². The summed E-state index contributed by atoms with van der Waals surface area (Å²) in [4.78, 5) is 22.6. The van der Waals surface area contributed by atoms with Crippen LogP contribution in [0.1, 0.15) is 37.6 Å². The van der Waals surface area contributed by atoms with Crippen LogP contribution < -0.4 is 10.1 Å². The van der Waals surface area contributed by atoms with E-state index in [1.54, 1.807) is 7.11 Å². The maximum Gasteiger partial charge on any atom is 0.237 e. The molecule has 1 aromatic heterocycles. The molecule has 1 unspecified atom stereocenters. The van der Waals surface area contributed by atoms with Gasteiger partial charge in [-0.25, -0.2) is 9.97 Å². The van der Waals surface area contributed by atoms with Crippen LogP contribution in [0, 0.1) is 6.92 Å². The molecule has 0 saturated heterocycles. The Morgan fingerprint density at radius 1 is 1.12 bits per heavy atom. The fourth-order valence-corrected chi connectivity index (χ4v) is 4.55. The van der Waals surface area contributed by atoms with Crippen LogP contribution in [0.2, 0.25) is 0 Å². The number of nitrogens with one attached hydrogen (secondary N) is 1. The smallest absolute Gasteiger partial charge is 0.237 e. The number of aromatic nitrogens is 2. The summed E-state index contributed by atoms with van der Waals surface area (Å²) in [6.07, 6.45) is 0.686. The average molecular weight is 464 g/mol. The van der Waals surface area contributed by atoms with Crippen molar-refractivity contribution in [1.82, 2.24) is 9.97 Å². The molecule has 0 spiro atoms. The first kappa shape index (κ1) is 23.3. The molecule has 4 rings (SSSR count). The van der Waals surface area contributed by atoms with Crippen molar-refractivity contribution in [3.63, 3.8) is 0 Å². The van der Waals surface area contributed by atoms with Gasteiger partial charge in [-0.2, -0.15) is 0 Å². The molecule has 1 N–H and O–H groups in total. The zero-order valence-electron chi connectivity index (χ0n) is 19.6. The number of hydrogen-bond donors (Lipinski definition) is 1. The Morgan fingerprint density at radius 3 is 2.48 bits per heavy atom. The number of benzene rings is 2. The molecule has 1 aliphatic rings. The summed E-state index contributed by atoms with van der Waals surface area (Å²) in [6, 6.07) is 15.5. The summed E-state index contributed by atoms with van der Waals surface area (Å²) in [6.45, 7) is 8.47. The van der Waals surface area contributed by atoms with E-state index < -0.39 is 0 Å². The number of carbonyl (C=O) groups excluding carboxylic acids is 1. The Bertz CT molecular complexity index is 1140. The second kappa shape index (κ2) is 9.53. The molecular formula is C26H29N3O3S. The second-order valence-electron chi connectivity index (χ2n) is 8.85. The number of hydrogen-bond acceptors (Lipinski definition) is 6. The second-order valence-corrected chi connectivity index (χ2v) is 10.2. The molecule has 3 aromatic rings. The Kier molecular flexibility index (Phi) is 6.72. The third kappa shape index (κ3) is 5.54. The van der Waals surface area contributed by atoms with Crippen LogP contribution in [0.5, 0.6) is 5.75 Å². The zero-order valence-corrected chi connectivity index (χ0v) is 20.5. The SMILES string of the molecule is COc1ccc(-c2nc3c(c(SC(C)C(=O)Nc4ccc(C)cc4)n2)COC(C)(C)C3)cc1. The van der Waals surface area contributed by atoms with E-state index in [9.17, 15) is 4.79 Å². The van der Waals surface area contributed by atoms with Gasteiger partial charge >= 0.3 is 0 Å². The average Bonchev–Trinajstić information content (AvgIpc) is 2.79. The van der Waals surface area contributed by atoms with Gasteiger partial charge in [0.15, 0.2) is 5.82 Å². The van der Waals surface area contributed by atoms with Gasteiger partial charge in [-0.05, 0) is 64.1 Å². The Morgan fingerprint density at radius 2 is 1.82 bits per heavy atom. The molecule has 1 amide bonds. The van der Waals surface area contributed by atoms with E-state index in [2.05, 4.69) is 19.2 Å². The quantitative estimate of drug-likeness (QED) is 0.388. The minimum absolute atomic E-state index is 0.0701. The minimum atomic E-state index is -0.344. The summed E-state index contributed by atoms with van der Waals surface area (Å²) < 4.78 is 11.3. The molecule has 33 heavy (non-hydrogen) atoms. The maximum atomic E-state index is 12.9. The molecular weight excluding hydrogens is 434 g/mol. The van der Waals surface area contributed by atoms with Crippen LogP contribution in [-0.2, 0) is 22.6 Å². The number of methoxy groups -OCH3 is 1. The fraction of sp³-hybridized carbons (Fsp3) is 0.346. The van der Waals surface area contributed by atoms with Crippen molar-refractivity contribution in [2.45, 2.75) is 56.6 Å². The van der Waals surface area contributed by atoms with E-state index in [0.717, 1.165) is 38.8 Å². The molecule has 1 aliphatic heterocycles. The van der Waals surface area contributed by atoms with Gasteiger partial charge in [-0.15, -0.1) is 0 Å². The molecule has 2 aromatic carbocycles. The third-order valence-electron chi connectivity index (χ3n) is 5.58. The van der Waals surface area contributed by atoms with E-state index in [1.165, 1.54) is 11.8 Å². The van der Waals surface area contributed by atoms with Crippen molar-refractivity contribution in [2.24, 2.45) is 0 Å². The largest absolute Gasteiger partial charge is 0.497 e. The summed E-state index contributed by atoms with van der Waals surface area (Å²) in [5.41, 5.74) is 4.48. The standard InChI is InChI=1S/C26H29N3O3S/c1-16-6-10-19(11-7-16)27-24(30)17(2)33-25-21-15-32-26(3,4)14-22(21)28-23(29-25)18-8-12-20(31-5)13-9-18/h6-13,17H,14-15H2,1-5H3,(H,27,30). The van der Waals surface area contributed by atoms with Crippen molar-refractivity contribution in [3.05, 3.63) is 65.4 Å². The highest BCUT2D eigenvalue weighted by Crippen LogP contribution is 2.36. The number of carbonyl (C=O) groups is 1. The number of anilines is 1. The number of thioether (sulfide) groups is 1. The Hall–Kier alpha value is -2.90. The van der Waals surface area contributed by atoms with Gasteiger partial charge in [0.25, 0.3) is 0 Å². The van der Waals surface area contributed by atoms with E-state index in [4.69, 9.17) is 19.4 Å². The maximum absolute atomic E-state index is 12.9. The molecule has 7 heteroatoms. The lowest BCUT2D eigenvalue weighted by molar-refractivity contribution is -0.115. The van der Waals surface area contributed by atoms with Crippen molar-refractivity contribution in [2.75, 3.05) is 12.4 Å². The number of nitrogens with zero attached hydrogens (tertiary/aromatic N) is 2. The van der Waals surface area contributed by atoms with E-state index >= 15 is 0 Å². The molecule has 0 bridgehead atoms. The molecule has 0 aliphatic carbocycles. The molecule has 172 valence electrons. The van der Waals surface area contributed by atoms with Gasteiger partial charge in [-0.3, -0.25) is 4.79 Å². The van der Waals surface area contributed by atoms with Crippen LogP contribution in [0.4, 0.5) is 5.69 Å². The number of aryl methyl sites for hydroxylation is 1. The van der Waals surface area contributed by atoms with Gasteiger partial charge in [0.2, 0.25) is 5.91 Å². The highest BCUT2D eigenvalue weighted by atomic mass is 32.2. The predicted molar refractivity (Wildman–Crippen MR) is 132 cm³/mol. The lowest BCUT2D eigenvalue weighted by Gasteiger charge is -2.32. The number of fused-ring (bicyclic) bond motifs is 1. The van der Waals surface area contributed by atoms with Crippen molar-refractivity contribution in [3.8, 4) is 17.1 Å². The number of rotatable bonds is 6. The summed E-state index contributed by atoms with van der Waals surface area (Å²) in [7, 11) is 1.64. The lowest BCUT2D eigenvalue weighted by atomic mass is 9.96. The topological polar surface area (TPSA) is 73.3 Å². The van der Waals surface area contributed by atoms with Gasteiger partial charge < -0.3 is 14.8 Å². The highest BCUT2D eigenvalue weighted by Gasteiger charge is 2.31. The van der Waals surface area contributed by atoms with Crippen LogP contribution in [0.25, 0.3) is 11.4 Å². The van der Waals surface area contributed by atoms with E-state index in [0.29, 0.717) is 18.9 Å². The fourth-order valence-electron chi connectivity index (χ4n) is 3.59. The monoisotopic (exact) mass is 463 g/mol. The van der Waals surface area contributed by atoms with Crippen molar-refractivity contribution in [1.29, 1.82) is 0 Å². The van der Waals surface area contributed by atoms with Crippen LogP contribution in [0.15, 0.2) is 53.6 Å². The van der Waals surface area contributed by atoms with Crippen molar-refractivity contribution >= 4 is 23.4 Å². The highest BCUT2D eigenvalue weighted by molar-refractivity contribution is 8.00. The third-order valence-corrected chi connectivity index (χ3v) is 6.71. The Labute approximate surface area is 199 Å². The molecule has 1 atom stereocenters. The van der Waals surface area contributed by atoms with Gasteiger partial charge in [0.1, 0.15) is 10.8 Å². The first-order valence-electron chi connectivity index (χ1n) is 11.0. The van der Waals surface area contributed by atoms with E-state index in [1.807, 2.05) is 62.4 Å². The molecule has 0 fully saturated rings. The van der Waals surface area contributed by atoms with Gasteiger partial charge in [0, 0.05) is 23.2 Å². The van der Waals surface area contributed by atoms with E-state index in [-0.39, 0.29) is 16.8 Å². The summed E-state index contributed by atoms with van der Waals surface area (Å²) >= 11 is 1.44. The number of amides is 1. The van der Waals surface area contributed by atoms with Crippen molar-refractivity contribution < 1.29 is 14.3 Å². The molecule has 6 nitrogen and oxygen atoms in total. The lowest BCUT2D eigenvalue weighted by Crippen LogP contribution is -2.33. The minimum Gasteiger partial charge on any atom is -0.497 e. The molecule has 2 heterocycles. The first-order valence-corrected chi connectivity index (χ1v) is 11.8. The van der Waals surface area contributed by atoms with Crippen LogP contribution in [-0.4, -0.2) is 33.8 Å². The first-order chi connectivity index (χ1) is 15.7. The Balaban J connectivity index is 1.62. The predicted octanol–water partition coefficient (Wildman–Crippen LogP) is 5.43. The molecule has 0 radical (unpaired) electrons. The van der Waals surface area contributed by atoms with Crippen LogP contribution >= 0.6 is 11.8 Å².